The molecule has 0 atom stereocenters. The van der Waals surface area contributed by atoms with Gasteiger partial charge in [-0.15, -0.1) is 0 Å². The lowest BCUT2D eigenvalue weighted by Crippen LogP contribution is -2.05. The first-order chi connectivity index (χ1) is 8.15. The van der Waals surface area contributed by atoms with Gasteiger partial charge in [-0.1, -0.05) is 18.2 Å². The zero-order valence-electron chi connectivity index (χ0n) is 9.33. The van der Waals surface area contributed by atoms with E-state index >= 15 is 0 Å². The van der Waals surface area contributed by atoms with Crippen molar-refractivity contribution in [2.45, 2.75) is 6.92 Å². The molecule has 0 aliphatic rings. The summed E-state index contributed by atoms with van der Waals surface area (Å²) in [6.45, 7) is 1.45. The summed E-state index contributed by atoms with van der Waals surface area (Å²) in [7, 11) is 0. The molecule has 1 radical (unpaired) electrons. The number of hydrogen-bond donors (Lipinski definition) is 1. The highest BCUT2D eigenvalue weighted by atomic mass is 19.1. The van der Waals surface area contributed by atoms with Crippen LogP contribution >= 0.6 is 0 Å². The lowest BCUT2D eigenvalue weighted by Gasteiger charge is -2.04. The molecule has 0 heterocycles. The molecule has 0 fully saturated rings. The number of rotatable bonds is 2. The van der Waals surface area contributed by atoms with E-state index in [9.17, 15) is 9.18 Å². The maximum atomic E-state index is 12.8. The molecule has 0 aliphatic heterocycles. The maximum absolute atomic E-state index is 12.8. The molecular formula is C14H11FNO. The van der Waals surface area contributed by atoms with Gasteiger partial charge in [0.05, 0.1) is 0 Å². The fourth-order valence-electron chi connectivity index (χ4n) is 1.51. The average molecular weight is 228 g/mol. The zero-order valence-corrected chi connectivity index (χ0v) is 9.33. The molecule has 1 amide bonds. The summed E-state index contributed by atoms with van der Waals surface area (Å²) < 4.78 is 12.8. The van der Waals surface area contributed by atoms with E-state index in [1.165, 1.54) is 19.1 Å². The summed E-state index contributed by atoms with van der Waals surface area (Å²) >= 11 is 0. The minimum atomic E-state index is -0.257. The Morgan fingerprint density at radius 1 is 1.12 bits per heavy atom. The van der Waals surface area contributed by atoms with Gasteiger partial charge in [0.25, 0.3) is 0 Å². The SMILES string of the molecule is CC(=O)Nc1[c]cc(-c2ccc(F)cc2)cc1. The zero-order chi connectivity index (χ0) is 12.3. The van der Waals surface area contributed by atoms with Crippen molar-refractivity contribution in [2.75, 3.05) is 5.32 Å². The lowest BCUT2D eigenvalue weighted by molar-refractivity contribution is -0.114. The van der Waals surface area contributed by atoms with Gasteiger partial charge in [0.15, 0.2) is 0 Å². The van der Waals surface area contributed by atoms with Crippen LogP contribution in [0.5, 0.6) is 0 Å². The monoisotopic (exact) mass is 228 g/mol. The van der Waals surface area contributed by atoms with E-state index in [2.05, 4.69) is 11.4 Å². The van der Waals surface area contributed by atoms with Crippen LogP contribution in [0.2, 0.25) is 0 Å². The van der Waals surface area contributed by atoms with Crippen LogP contribution in [-0.2, 0) is 4.79 Å². The van der Waals surface area contributed by atoms with Crippen LogP contribution in [0.1, 0.15) is 6.92 Å². The average Bonchev–Trinajstić information content (AvgIpc) is 2.30. The number of hydrogen-bond acceptors (Lipinski definition) is 1. The van der Waals surface area contributed by atoms with E-state index in [1.807, 2.05) is 6.07 Å². The molecule has 2 aromatic rings. The van der Waals surface area contributed by atoms with Gasteiger partial charge in [-0.05, 0) is 35.4 Å². The van der Waals surface area contributed by atoms with Gasteiger partial charge in [-0.3, -0.25) is 4.79 Å². The Kier molecular flexibility index (Phi) is 3.19. The number of carbonyl (C=O) groups excluding carboxylic acids is 1. The van der Waals surface area contributed by atoms with E-state index in [-0.39, 0.29) is 11.7 Å². The minimum absolute atomic E-state index is 0.129. The van der Waals surface area contributed by atoms with Gasteiger partial charge < -0.3 is 5.32 Å². The Hall–Kier alpha value is -2.16. The van der Waals surface area contributed by atoms with Crippen LogP contribution in [-0.4, -0.2) is 5.91 Å². The summed E-state index contributed by atoms with van der Waals surface area (Å²) in [6.07, 6.45) is 0. The summed E-state index contributed by atoms with van der Waals surface area (Å²) in [5.74, 6) is -0.386. The second kappa shape index (κ2) is 4.78. The molecule has 0 unspecified atom stereocenters. The van der Waals surface area contributed by atoms with Gasteiger partial charge >= 0.3 is 0 Å². The standard InChI is InChI=1S/C14H11FNO/c1-10(17)16-14-8-4-12(5-9-14)11-2-6-13(15)7-3-11/h2-8H,1H3,(H,16,17). The van der Waals surface area contributed by atoms with Crippen molar-refractivity contribution in [1.82, 2.24) is 0 Å². The number of halogens is 1. The van der Waals surface area contributed by atoms with Crippen molar-refractivity contribution < 1.29 is 9.18 Å². The summed E-state index contributed by atoms with van der Waals surface area (Å²) in [4.78, 5) is 10.8. The predicted octanol–water partition coefficient (Wildman–Crippen LogP) is 3.25. The number of carbonyl (C=O) groups is 1. The number of amides is 1. The van der Waals surface area contributed by atoms with E-state index in [1.54, 1.807) is 24.3 Å². The van der Waals surface area contributed by atoms with Crippen molar-refractivity contribution in [3.05, 3.63) is 54.3 Å². The normalized spacial score (nSPS) is 10.0. The Morgan fingerprint density at radius 3 is 2.29 bits per heavy atom. The summed E-state index contributed by atoms with van der Waals surface area (Å²) in [5.41, 5.74) is 2.47. The van der Waals surface area contributed by atoms with E-state index < -0.39 is 0 Å². The molecule has 2 nitrogen and oxygen atoms in total. The third kappa shape index (κ3) is 2.91. The second-order valence-corrected chi connectivity index (χ2v) is 3.68. The number of benzene rings is 2. The fraction of sp³-hybridized carbons (Fsp3) is 0.0714. The van der Waals surface area contributed by atoms with Crippen molar-refractivity contribution in [2.24, 2.45) is 0 Å². The van der Waals surface area contributed by atoms with Gasteiger partial charge in [-0.2, -0.15) is 0 Å². The molecule has 0 saturated heterocycles. The molecule has 3 heteroatoms. The third-order valence-electron chi connectivity index (χ3n) is 2.30. The summed E-state index contributed by atoms with van der Waals surface area (Å²) in [6, 6.07) is 14.6. The topological polar surface area (TPSA) is 29.1 Å². The van der Waals surface area contributed by atoms with Gasteiger partial charge in [-0.25, -0.2) is 4.39 Å². The Balaban J connectivity index is 2.23. The molecule has 0 bridgehead atoms. The Morgan fingerprint density at radius 2 is 1.76 bits per heavy atom. The van der Waals surface area contributed by atoms with Gasteiger partial charge in [0.2, 0.25) is 5.91 Å². The van der Waals surface area contributed by atoms with Crippen LogP contribution in [0.3, 0.4) is 0 Å². The number of anilines is 1. The van der Waals surface area contributed by atoms with Crippen LogP contribution in [0.15, 0.2) is 42.5 Å². The molecule has 1 N–H and O–H groups in total. The minimum Gasteiger partial charge on any atom is -0.326 e. The van der Waals surface area contributed by atoms with Gasteiger partial charge in [0.1, 0.15) is 5.82 Å². The first-order valence-electron chi connectivity index (χ1n) is 5.20. The lowest BCUT2D eigenvalue weighted by atomic mass is 10.1. The maximum Gasteiger partial charge on any atom is 0.221 e. The van der Waals surface area contributed by atoms with Crippen LogP contribution in [0.4, 0.5) is 10.1 Å². The van der Waals surface area contributed by atoms with Crippen molar-refractivity contribution >= 4 is 11.6 Å². The molecule has 0 aliphatic carbocycles. The first-order valence-corrected chi connectivity index (χ1v) is 5.20. The number of nitrogens with one attached hydrogen (secondary N) is 1. The Labute approximate surface area is 99.1 Å². The van der Waals surface area contributed by atoms with Crippen LogP contribution in [0.25, 0.3) is 11.1 Å². The van der Waals surface area contributed by atoms with Crippen molar-refractivity contribution in [1.29, 1.82) is 0 Å². The van der Waals surface area contributed by atoms with E-state index in [4.69, 9.17) is 0 Å². The van der Waals surface area contributed by atoms with E-state index in [0.29, 0.717) is 5.69 Å². The quantitative estimate of drug-likeness (QED) is 0.839. The molecule has 85 valence electrons. The van der Waals surface area contributed by atoms with Crippen LogP contribution < -0.4 is 5.32 Å². The molecule has 0 aromatic heterocycles. The van der Waals surface area contributed by atoms with Crippen molar-refractivity contribution in [3.8, 4) is 11.1 Å². The largest absolute Gasteiger partial charge is 0.326 e. The predicted molar refractivity (Wildman–Crippen MR) is 65.0 cm³/mol. The highest BCUT2D eigenvalue weighted by Gasteiger charge is 1.99. The highest BCUT2D eigenvalue weighted by Crippen LogP contribution is 2.21. The van der Waals surface area contributed by atoms with Gasteiger partial charge in [0, 0.05) is 18.7 Å². The highest BCUT2D eigenvalue weighted by molar-refractivity contribution is 5.88. The smallest absolute Gasteiger partial charge is 0.221 e. The Bertz CT molecular complexity index is 517. The molecule has 2 rings (SSSR count). The van der Waals surface area contributed by atoms with Crippen LogP contribution in [0, 0.1) is 11.9 Å². The second-order valence-electron chi connectivity index (χ2n) is 3.68. The first kappa shape index (κ1) is 11.3. The fourth-order valence-corrected chi connectivity index (χ4v) is 1.51. The molecule has 0 spiro atoms. The molecule has 2 aromatic carbocycles. The third-order valence-corrected chi connectivity index (χ3v) is 2.30. The van der Waals surface area contributed by atoms with Crippen molar-refractivity contribution in [3.63, 3.8) is 0 Å². The molecule has 0 saturated carbocycles. The van der Waals surface area contributed by atoms with E-state index in [0.717, 1.165) is 11.1 Å². The summed E-state index contributed by atoms with van der Waals surface area (Å²) in [5, 5.41) is 2.64. The molecular weight excluding hydrogens is 217 g/mol. The molecule has 17 heavy (non-hydrogen) atoms.